The van der Waals surface area contributed by atoms with Crippen molar-refractivity contribution in [1.29, 1.82) is 0 Å². The van der Waals surface area contributed by atoms with Crippen molar-refractivity contribution in [2.45, 2.75) is 19.9 Å². The van der Waals surface area contributed by atoms with Gasteiger partial charge in [-0.3, -0.25) is 4.90 Å². The van der Waals surface area contributed by atoms with Crippen LogP contribution in [0.3, 0.4) is 0 Å². The van der Waals surface area contributed by atoms with Crippen molar-refractivity contribution >= 4 is 0 Å². The van der Waals surface area contributed by atoms with Gasteiger partial charge in [0.1, 0.15) is 11.6 Å². The summed E-state index contributed by atoms with van der Waals surface area (Å²) in [5.41, 5.74) is 0.605. The lowest BCUT2D eigenvalue weighted by molar-refractivity contribution is 0.134. The Morgan fingerprint density at radius 1 is 1.17 bits per heavy atom. The molecular weight excluding hydrogens is 234 g/mol. The molecule has 4 heteroatoms. The van der Waals surface area contributed by atoms with Crippen LogP contribution < -0.4 is 5.32 Å². The summed E-state index contributed by atoms with van der Waals surface area (Å²) in [4.78, 5) is 2.28. The van der Waals surface area contributed by atoms with Crippen LogP contribution in [-0.2, 0) is 0 Å². The predicted molar refractivity (Wildman–Crippen MR) is 68.4 cm³/mol. The van der Waals surface area contributed by atoms with Gasteiger partial charge in [0.05, 0.1) is 0 Å². The largest absolute Gasteiger partial charge is 0.314 e. The molecule has 100 valence electrons. The quantitative estimate of drug-likeness (QED) is 0.892. The highest BCUT2D eigenvalue weighted by Crippen LogP contribution is 2.30. The normalized spacial score (nSPS) is 19.2. The van der Waals surface area contributed by atoms with Gasteiger partial charge in [0, 0.05) is 43.9 Å². The van der Waals surface area contributed by atoms with Crippen molar-refractivity contribution in [2.24, 2.45) is 5.92 Å². The molecule has 2 rings (SSSR count). The Morgan fingerprint density at radius 3 is 2.39 bits per heavy atom. The van der Waals surface area contributed by atoms with Gasteiger partial charge in [-0.25, -0.2) is 8.78 Å². The lowest BCUT2D eigenvalue weighted by atomic mass is 9.93. The number of nitrogens with zero attached hydrogens (tertiary/aromatic N) is 1. The van der Waals surface area contributed by atoms with Crippen molar-refractivity contribution in [3.05, 3.63) is 35.4 Å². The van der Waals surface area contributed by atoms with E-state index in [9.17, 15) is 8.78 Å². The van der Waals surface area contributed by atoms with Gasteiger partial charge in [-0.05, 0) is 12.0 Å². The van der Waals surface area contributed by atoms with Crippen LogP contribution in [0.1, 0.15) is 25.5 Å². The zero-order valence-corrected chi connectivity index (χ0v) is 10.9. The summed E-state index contributed by atoms with van der Waals surface area (Å²) in [6, 6.07) is 3.92. The maximum Gasteiger partial charge on any atom is 0.130 e. The Balaban J connectivity index is 2.28. The van der Waals surface area contributed by atoms with Crippen LogP contribution in [0.15, 0.2) is 18.2 Å². The fourth-order valence-electron chi connectivity index (χ4n) is 2.68. The number of rotatable bonds is 3. The average Bonchev–Trinajstić information content (AvgIpc) is 2.33. The van der Waals surface area contributed by atoms with Crippen LogP contribution in [-0.4, -0.2) is 31.1 Å². The average molecular weight is 254 g/mol. The fraction of sp³-hybridized carbons (Fsp3) is 0.571. The number of hydrogen-bond acceptors (Lipinski definition) is 2. The highest BCUT2D eigenvalue weighted by atomic mass is 19.1. The molecule has 1 aliphatic rings. The van der Waals surface area contributed by atoms with E-state index >= 15 is 0 Å². The van der Waals surface area contributed by atoms with Crippen molar-refractivity contribution in [1.82, 2.24) is 10.2 Å². The van der Waals surface area contributed by atoms with E-state index in [0.29, 0.717) is 11.5 Å². The summed E-state index contributed by atoms with van der Waals surface area (Å²) >= 11 is 0. The molecule has 1 aromatic rings. The molecule has 1 fully saturated rings. The molecular formula is C14H20F2N2. The molecule has 0 saturated carbocycles. The van der Waals surface area contributed by atoms with Crippen molar-refractivity contribution in [2.75, 3.05) is 26.2 Å². The number of halogens is 2. The summed E-state index contributed by atoms with van der Waals surface area (Å²) in [5, 5.41) is 3.29. The van der Waals surface area contributed by atoms with Crippen molar-refractivity contribution < 1.29 is 8.78 Å². The first-order chi connectivity index (χ1) is 8.59. The first-order valence-electron chi connectivity index (χ1n) is 6.49. The molecule has 0 radical (unpaired) electrons. The molecule has 0 aromatic heterocycles. The molecule has 0 spiro atoms. The molecule has 2 nitrogen and oxygen atoms in total. The summed E-state index contributed by atoms with van der Waals surface area (Å²) in [5.74, 6) is -0.658. The first kappa shape index (κ1) is 13.4. The second-order valence-electron chi connectivity index (χ2n) is 5.14. The van der Waals surface area contributed by atoms with Crippen LogP contribution in [0.5, 0.6) is 0 Å². The summed E-state index contributed by atoms with van der Waals surface area (Å²) in [6.45, 7) is 7.81. The Bertz CT molecular complexity index is 401. The van der Waals surface area contributed by atoms with Gasteiger partial charge in [0.2, 0.25) is 0 Å². The minimum atomic E-state index is -0.515. The summed E-state index contributed by atoms with van der Waals surface area (Å²) in [6.07, 6.45) is 0. The Labute approximate surface area is 107 Å². The fourth-order valence-corrected chi connectivity index (χ4v) is 2.68. The van der Waals surface area contributed by atoms with E-state index in [1.165, 1.54) is 6.07 Å². The Morgan fingerprint density at radius 2 is 1.83 bits per heavy atom. The van der Waals surface area contributed by atoms with Gasteiger partial charge in [0.25, 0.3) is 0 Å². The van der Waals surface area contributed by atoms with E-state index in [4.69, 9.17) is 0 Å². The minimum absolute atomic E-state index is 0.0210. The van der Waals surface area contributed by atoms with Gasteiger partial charge in [-0.2, -0.15) is 0 Å². The van der Waals surface area contributed by atoms with Crippen LogP contribution in [0.2, 0.25) is 0 Å². The predicted octanol–water partition coefficient (Wildman–Crippen LogP) is 2.57. The topological polar surface area (TPSA) is 15.3 Å². The van der Waals surface area contributed by atoms with E-state index in [-0.39, 0.29) is 6.04 Å². The van der Waals surface area contributed by atoms with Crippen molar-refractivity contribution in [3.8, 4) is 0 Å². The third kappa shape index (κ3) is 2.87. The molecule has 0 bridgehead atoms. The first-order valence-corrected chi connectivity index (χ1v) is 6.49. The molecule has 18 heavy (non-hydrogen) atoms. The second kappa shape index (κ2) is 5.76. The van der Waals surface area contributed by atoms with E-state index in [2.05, 4.69) is 24.1 Å². The van der Waals surface area contributed by atoms with Crippen LogP contribution in [0.4, 0.5) is 8.78 Å². The smallest absolute Gasteiger partial charge is 0.130 e. The highest BCUT2D eigenvalue weighted by Gasteiger charge is 2.27. The standard InChI is InChI=1S/C14H20F2N2/c1-10(2)14(18-7-5-17-6-8-18)12-4-3-11(15)9-13(12)16/h3-4,9-10,14,17H,5-8H2,1-2H3. The van der Waals surface area contributed by atoms with Crippen molar-refractivity contribution in [3.63, 3.8) is 0 Å². The van der Waals surface area contributed by atoms with Crippen LogP contribution >= 0.6 is 0 Å². The maximum atomic E-state index is 13.9. The van der Waals surface area contributed by atoms with Gasteiger partial charge >= 0.3 is 0 Å². The molecule has 1 unspecified atom stereocenters. The molecule has 1 heterocycles. The zero-order chi connectivity index (χ0) is 13.1. The minimum Gasteiger partial charge on any atom is -0.314 e. The van der Waals surface area contributed by atoms with E-state index in [1.54, 1.807) is 6.07 Å². The van der Waals surface area contributed by atoms with Gasteiger partial charge in [0.15, 0.2) is 0 Å². The third-order valence-electron chi connectivity index (χ3n) is 3.46. The monoisotopic (exact) mass is 254 g/mol. The van der Waals surface area contributed by atoms with Gasteiger partial charge in [-0.15, -0.1) is 0 Å². The highest BCUT2D eigenvalue weighted by molar-refractivity contribution is 5.23. The number of piperazine rings is 1. The summed E-state index contributed by atoms with van der Waals surface area (Å²) < 4.78 is 26.9. The second-order valence-corrected chi connectivity index (χ2v) is 5.14. The SMILES string of the molecule is CC(C)C(c1ccc(F)cc1F)N1CCNCC1. The molecule has 0 amide bonds. The molecule has 1 N–H and O–H groups in total. The maximum absolute atomic E-state index is 13.9. The lowest BCUT2D eigenvalue weighted by Crippen LogP contribution is -2.46. The number of benzene rings is 1. The van der Waals surface area contributed by atoms with E-state index in [1.807, 2.05) is 0 Å². The van der Waals surface area contributed by atoms with Crippen LogP contribution in [0.25, 0.3) is 0 Å². The number of nitrogens with one attached hydrogen (secondary N) is 1. The zero-order valence-electron chi connectivity index (χ0n) is 10.9. The number of hydrogen-bond donors (Lipinski definition) is 1. The Hall–Kier alpha value is -1.00. The molecule has 0 aliphatic carbocycles. The lowest BCUT2D eigenvalue weighted by Gasteiger charge is -2.37. The molecule has 1 atom stereocenters. The Kier molecular flexibility index (Phi) is 4.30. The van der Waals surface area contributed by atoms with Gasteiger partial charge in [-0.1, -0.05) is 19.9 Å². The molecule has 1 saturated heterocycles. The third-order valence-corrected chi connectivity index (χ3v) is 3.46. The van der Waals surface area contributed by atoms with E-state index in [0.717, 1.165) is 32.2 Å². The summed E-state index contributed by atoms with van der Waals surface area (Å²) in [7, 11) is 0. The van der Waals surface area contributed by atoms with Crippen LogP contribution in [0, 0.1) is 17.6 Å². The molecule has 1 aliphatic heterocycles. The molecule has 1 aromatic carbocycles. The van der Waals surface area contributed by atoms with Gasteiger partial charge < -0.3 is 5.32 Å². The van der Waals surface area contributed by atoms with E-state index < -0.39 is 11.6 Å².